The number of carbonyl (C=O) groups excluding carboxylic acids is 3. The van der Waals surface area contributed by atoms with Crippen molar-refractivity contribution in [1.29, 1.82) is 5.41 Å². The van der Waals surface area contributed by atoms with Gasteiger partial charge in [-0.25, -0.2) is 4.98 Å². The lowest BCUT2D eigenvalue weighted by molar-refractivity contribution is -0.139. The quantitative estimate of drug-likeness (QED) is 0.0850. The fraction of sp³-hybridized carbons (Fsp3) is 0.276. The van der Waals surface area contributed by atoms with Crippen LogP contribution in [0.25, 0.3) is 0 Å². The van der Waals surface area contributed by atoms with Crippen molar-refractivity contribution in [2.75, 3.05) is 11.9 Å². The number of nitrogens with one attached hydrogen (secondary N) is 3. The number of likely N-dealkylation sites (tertiary alicyclic amines) is 1. The zero-order chi connectivity index (χ0) is 30.2. The van der Waals surface area contributed by atoms with Gasteiger partial charge in [0.05, 0.1) is 0 Å². The molecule has 0 bridgehead atoms. The molecule has 4 rings (SSSR count). The smallest absolute Gasteiger partial charge is 0.308 e. The molecule has 12 nitrogen and oxygen atoms in total. The maximum absolute atomic E-state index is 13.9. The van der Waals surface area contributed by atoms with E-state index in [1.165, 1.54) is 36.1 Å². The molecule has 1 aliphatic heterocycles. The molecule has 1 saturated heterocycles. The third-order valence-corrected chi connectivity index (χ3v) is 7.37. The molecule has 2 aromatic carbocycles. The number of nitrogens with zero attached hydrogens (tertiary/aromatic N) is 2. The van der Waals surface area contributed by atoms with Gasteiger partial charge < -0.3 is 30.6 Å². The molecule has 1 aromatic heterocycles. The number of nitrogens with two attached hydrogens (primary N) is 1. The molecule has 1 aliphatic rings. The number of rotatable bonds is 11. The van der Waals surface area contributed by atoms with Crippen LogP contribution in [0, 0.1) is 5.41 Å². The summed E-state index contributed by atoms with van der Waals surface area (Å²) in [6.07, 6.45) is 2.73. The number of hydrogen-bond donors (Lipinski definition) is 4. The molecule has 5 N–H and O–H groups in total. The Morgan fingerprint density at radius 3 is 2.57 bits per heavy atom. The predicted octanol–water partition coefficient (Wildman–Crippen LogP) is 2.05. The van der Waals surface area contributed by atoms with Crippen molar-refractivity contribution in [2.24, 2.45) is 5.73 Å². The first-order chi connectivity index (χ1) is 20.1. The fourth-order valence-electron chi connectivity index (χ4n) is 4.82. The number of aromatic nitrogens is 1. The summed E-state index contributed by atoms with van der Waals surface area (Å²) in [7, 11) is 0. The van der Waals surface area contributed by atoms with Crippen LogP contribution in [0.1, 0.15) is 36.9 Å². The van der Waals surface area contributed by atoms with E-state index >= 15 is 0 Å². The summed E-state index contributed by atoms with van der Waals surface area (Å²) >= 11 is -2.43. The number of amides is 2. The van der Waals surface area contributed by atoms with Gasteiger partial charge in [-0.1, -0.05) is 30.3 Å². The molecule has 2 heterocycles. The van der Waals surface area contributed by atoms with E-state index in [0.717, 1.165) is 0 Å². The van der Waals surface area contributed by atoms with Gasteiger partial charge in [0.2, 0.25) is 11.8 Å². The Kier molecular flexibility index (Phi) is 9.99. The lowest BCUT2D eigenvalue weighted by atomic mass is 10.0. The van der Waals surface area contributed by atoms with E-state index < -0.39 is 41.1 Å². The third kappa shape index (κ3) is 7.77. The van der Waals surface area contributed by atoms with Gasteiger partial charge in [-0.2, -0.15) is 0 Å². The second-order valence-corrected chi connectivity index (χ2v) is 10.7. The first-order valence-electron chi connectivity index (χ1n) is 13.2. The van der Waals surface area contributed by atoms with Crippen LogP contribution in [0.2, 0.25) is 0 Å². The SMILES string of the molecule is CC(=O)Oc1ccc(C(NC(=O)[C@@H]2CCCN2C(=O)[C@@H](Cc2cccc(S(=O)[O-])c2)Nc2ccccn2)C(=N)N)cc1. The topological polar surface area (TPSA) is 191 Å². The van der Waals surface area contributed by atoms with Crippen molar-refractivity contribution in [1.82, 2.24) is 15.2 Å². The minimum atomic E-state index is -2.43. The second kappa shape index (κ2) is 13.8. The van der Waals surface area contributed by atoms with Crippen LogP contribution >= 0.6 is 0 Å². The lowest BCUT2D eigenvalue weighted by Gasteiger charge is -2.30. The summed E-state index contributed by atoms with van der Waals surface area (Å²) in [4.78, 5) is 44.5. The molecule has 4 atom stereocenters. The van der Waals surface area contributed by atoms with Crippen LogP contribution in [-0.2, 0) is 31.9 Å². The number of hydrogen-bond acceptors (Lipinski definition) is 9. The van der Waals surface area contributed by atoms with Gasteiger partial charge in [0, 0.05) is 31.0 Å². The maximum Gasteiger partial charge on any atom is 0.308 e. The van der Waals surface area contributed by atoms with Crippen LogP contribution < -0.4 is 21.1 Å². The highest BCUT2D eigenvalue weighted by atomic mass is 32.2. The van der Waals surface area contributed by atoms with Crippen LogP contribution in [0.15, 0.2) is 77.8 Å². The molecule has 0 aliphatic carbocycles. The molecule has 1 fully saturated rings. The van der Waals surface area contributed by atoms with Gasteiger partial charge >= 0.3 is 5.97 Å². The Morgan fingerprint density at radius 1 is 1.17 bits per heavy atom. The molecular formula is C29H31N6O6S-. The van der Waals surface area contributed by atoms with Crippen molar-refractivity contribution in [3.05, 3.63) is 84.1 Å². The van der Waals surface area contributed by atoms with Crippen molar-refractivity contribution >= 4 is 40.5 Å². The van der Waals surface area contributed by atoms with Gasteiger partial charge in [0.25, 0.3) is 0 Å². The van der Waals surface area contributed by atoms with E-state index in [1.807, 2.05) is 0 Å². The molecule has 2 unspecified atom stereocenters. The second-order valence-electron chi connectivity index (χ2n) is 9.75. The Bertz CT molecular complexity index is 1470. The first kappa shape index (κ1) is 30.3. The lowest BCUT2D eigenvalue weighted by Crippen LogP contribution is -2.52. The summed E-state index contributed by atoms with van der Waals surface area (Å²) < 4.78 is 28.0. The van der Waals surface area contributed by atoms with Gasteiger partial charge in [-0.3, -0.25) is 24.0 Å². The Hall–Kier alpha value is -4.62. The average Bonchev–Trinajstić information content (AvgIpc) is 3.46. The summed E-state index contributed by atoms with van der Waals surface area (Å²) in [6.45, 7) is 1.62. The van der Waals surface area contributed by atoms with Gasteiger partial charge in [-0.15, -0.1) is 0 Å². The Balaban J connectivity index is 1.54. The molecule has 42 heavy (non-hydrogen) atoms. The maximum atomic E-state index is 13.9. The largest absolute Gasteiger partial charge is 0.768 e. The van der Waals surface area contributed by atoms with Crippen molar-refractivity contribution < 1.29 is 27.9 Å². The highest BCUT2D eigenvalue weighted by molar-refractivity contribution is 7.79. The first-order valence-corrected chi connectivity index (χ1v) is 14.3. The number of amidine groups is 1. The fourth-order valence-corrected chi connectivity index (χ4v) is 5.25. The molecular weight excluding hydrogens is 560 g/mol. The summed E-state index contributed by atoms with van der Waals surface area (Å²) in [5.74, 6) is -0.833. The van der Waals surface area contributed by atoms with Gasteiger partial charge in [0.1, 0.15) is 35.5 Å². The van der Waals surface area contributed by atoms with Crippen molar-refractivity contribution in [2.45, 2.75) is 49.2 Å². The highest BCUT2D eigenvalue weighted by Crippen LogP contribution is 2.24. The van der Waals surface area contributed by atoms with E-state index in [-0.39, 0.29) is 23.1 Å². The van der Waals surface area contributed by atoms with Crippen LogP contribution in [0.3, 0.4) is 0 Å². The minimum Gasteiger partial charge on any atom is -0.768 e. The summed E-state index contributed by atoms with van der Waals surface area (Å²) in [5.41, 5.74) is 6.95. The molecule has 3 aromatic rings. The van der Waals surface area contributed by atoms with Crippen LogP contribution in [-0.4, -0.2) is 60.9 Å². The standard InChI is InChI=1S/C29H32N6O6S/c1-18(36)41-21-12-10-20(11-13-21)26(27(30)31)34-28(37)24-8-5-15-35(24)29(38)23(33-25-9-2-3-14-32-25)17-19-6-4-7-22(16-19)42(39)40/h2-4,6-7,9-14,16,23-24,26H,5,8,15,17H2,1H3,(H3,30,31)(H,32,33)(H,34,37)(H,39,40)/p-1/t23-,24+,26?/m1/s1. The van der Waals surface area contributed by atoms with E-state index in [4.69, 9.17) is 15.9 Å². The predicted molar refractivity (Wildman–Crippen MR) is 154 cm³/mol. The van der Waals surface area contributed by atoms with Crippen molar-refractivity contribution in [3.63, 3.8) is 0 Å². The number of anilines is 1. The summed E-state index contributed by atoms with van der Waals surface area (Å²) in [6, 6.07) is 15.2. The van der Waals surface area contributed by atoms with Gasteiger partial charge in [-0.05, 0) is 71.4 Å². The molecule has 0 saturated carbocycles. The zero-order valence-corrected chi connectivity index (χ0v) is 23.6. The monoisotopic (exact) mass is 591 g/mol. The highest BCUT2D eigenvalue weighted by Gasteiger charge is 2.38. The third-order valence-electron chi connectivity index (χ3n) is 6.73. The van der Waals surface area contributed by atoms with E-state index in [0.29, 0.717) is 42.1 Å². The van der Waals surface area contributed by atoms with E-state index in [1.54, 1.807) is 48.7 Å². The minimum absolute atomic E-state index is 0.103. The zero-order valence-electron chi connectivity index (χ0n) is 22.8. The van der Waals surface area contributed by atoms with Crippen LogP contribution in [0.5, 0.6) is 5.75 Å². The molecule has 220 valence electrons. The van der Waals surface area contributed by atoms with E-state index in [9.17, 15) is 23.1 Å². The molecule has 2 amide bonds. The molecule has 0 radical (unpaired) electrons. The number of ether oxygens (including phenoxy) is 1. The number of benzene rings is 2. The summed E-state index contributed by atoms with van der Waals surface area (Å²) in [5, 5.41) is 14.0. The Labute approximate surface area is 245 Å². The number of carbonyl (C=O) groups is 3. The number of pyridine rings is 1. The Morgan fingerprint density at radius 2 is 1.93 bits per heavy atom. The van der Waals surface area contributed by atoms with Crippen LogP contribution in [0.4, 0.5) is 5.82 Å². The average molecular weight is 592 g/mol. The normalized spacial score (nSPS) is 16.6. The van der Waals surface area contributed by atoms with E-state index in [2.05, 4.69) is 15.6 Å². The number of esters is 1. The molecule has 13 heteroatoms. The van der Waals surface area contributed by atoms with Gasteiger partial charge in [0.15, 0.2) is 0 Å². The van der Waals surface area contributed by atoms with Crippen molar-refractivity contribution in [3.8, 4) is 5.75 Å². The molecule has 0 spiro atoms.